The van der Waals surface area contributed by atoms with Gasteiger partial charge in [-0.3, -0.25) is 19.4 Å². The Morgan fingerprint density at radius 3 is 2.66 bits per heavy atom. The molecular weight excluding hydrogens is 381 g/mol. The van der Waals surface area contributed by atoms with E-state index < -0.39 is 29.6 Å². The molecule has 0 saturated heterocycles. The maximum absolute atomic E-state index is 15.2. The fourth-order valence-corrected chi connectivity index (χ4v) is 3.44. The summed E-state index contributed by atoms with van der Waals surface area (Å²) in [5.74, 6) is -3.16. The lowest BCUT2D eigenvalue weighted by molar-refractivity contribution is -0.137. The van der Waals surface area contributed by atoms with Gasteiger partial charge in [0.15, 0.2) is 0 Å². The van der Waals surface area contributed by atoms with Gasteiger partial charge < -0.3 is 20.8 Å². The Morgan fingerprint density at radius 2 is 2.00 bits per heavy atom. The molecule has 1 aromatic carbocycles. The van der Waals surface area contributed by atoms with Gasteiger partial charge in [0.05, 0.1) is 12.2 Å². The van der Waals surface area contributed by atoms with Crippen LogP contribution in [0.25, 0.3) is 11.3 Å². The van der Waals surface area contributed by atoms with Gasteiger partial charge in [-0.1, -0.05) is 0 Å². The normalized spacial score (nSPS) is 14.0. The van der Waals surface area contributed by atoms with Crippen LogP contribution < -0.4 is 5.73 Å². The van der Waals surface area contributed by atoms with Gasteiger partial charge in [-0.2, -0.15) is 0 Å². The van der Waals surface area contributed by atoms with Gasteiger partial charge in [0.2, 0.25) is 5.91 Å². The molecule has 3 rings (SSSR count). The molecule has 0 saturated carbocycles. The first-order chi connectivity index (χ1) is 13.8. The highest BCUT2D eigenvalue weighted by Gasteiger charge is 2.37. The SMILES string of the molecule is NC(=O)C(CCC(=O)O)N1Cc2c(ccc(-c3cc(CCO)ccn3)c2F)C1=O. The molecule has 2 heterocycles. The molecular formula is C20H20FN3O5. The molecule has 9 heteroatoms. The number of nitrogens with two attached hydrogens (primary N) is 1. The number of aliphatic hydroxyl groups excluding tert-OH is 1. The lowest BCUT2D eigenvalue weighted by Crippen LogP contribution is -2.45. The van der Waals surface area contributed by atoms with Crippen LogP contribution in [0.3, 0.4) is 0 Å². The number of benzene rings is 1. The summed E-state index contributed by atoms with van der Waals surface area (Å²) in [6.45, 7) is -0.234. The highest BCUT2D eigenvalue weighted by molar-refractivity contribution is 6.01. The molecule has 152 valence electrons. The van der Waals surface area contributed by atoms with Crippen molar-refractivity contribution in [2.24, 2.45) is 5.73 Å². The molecule has 0 bridgehead atoms. The number of fused-ring (bicyclic) bond motifs is 1. The minimum absolute atomic E-state index is 0.0512. The monoisotopic (exact) mass is 401 g/mol. The number of carbonyl (C=O) groups is 3. The Balaban J connectivity index is 1.94. The van der Waals surface area contributed by atoms with Crippen molar-refractivity contribution < 1.29 is 29.0 Å². The van der Waals surface area contributed by atoms with Crippen LogP contribution >= 0.6 is 0 Å². The number of hydrogen-bond acceptors (Lipinski definition) is 5. The second kappa shape index (κ2) is 8.36. The van der Waals surface area contributed by atoms with E-state index in [0.717, 1.165) is 10.5 Å². The van der Waals surface area contributed by atoms with E-state index in [4.69, 9.17) is 15.9 Å². The fraction of sp³-hybridized carbons (Fsp3) is 0.300. The Kier molecular flexibility index (Phi) is 5.88. The zero-order valence-corrected chi connectivity index (χ0v) is 15.5. The van der Waals surface area contributed by atoms with E-state index >= 15 is 4.39 Å². The van der Waals surface area contributed by atoms with Crippen molar-refractivity contribution in [2.45, 2.75) is 31.8 Å². The van der Waals surface area contributed by atoms with E-state index in [0.29, 0.717) is 12.1 Å². The zero-order chi connectivity index (χ0) is 21.1. The Hall–Kier alpha value is -3.33. The van der Waals surface area contributed by atoms with Crippen LogP contribution in [0.2, 0.25) is 0 Å². The summed E-state index contributed by atoms with van der Waals surface area (Å²) in [7, 11) is 0. The van der Waals surface area contributed by atoms with Crippen molar-refractivity contribution in [1.82, 2.24) is 9.88 Å². The number of aliphatic hydroxyl groups is 1. The highest BCUT2D eigenvalue weighted by atomic mass is 19.1. The topological polar surface area (TPSA) is 134 Å². The standard InChI is InChI=1S/C20H20FN3O5/c21-18-13(15-9-11(6-8-25)5-7-23-15)2-1-12-14(18)10-24(20(12)29)16(19(22)28)3-4-17(26)27/h1-2,5,7,9,16,25H,3-4,6,8,10H2,(H2,22,28)(H,26,27). The quantitative estimate of drug-likeness (QED) is 0.606. The smallest absolute Gasteiger partial charge is 0.303 e. The predicted octanol–water partition coefficient (Wildman–Crippen LogP) is 1.10. The van der Waals surface area contributed by atoms with Gasteiger partial charge in [-0.15, -0.1) is 0 Å². The first kappa shape index (κ1) is 20.4. The molecule has 1 aliphatic heterocycles. The third-order valence-electron chi connectivity index (χ3n) is 4.90. The molecule has 1 unspecified atom stereocenters. The van der Waals surface area contributed by atoms with Gasteiger partial charge in [0, 0.05) is 35.9 Å². The van der Waals surface area contributed by atoms with Crippen molar-refractivity contribution in [1.29, 1.82) is 0 Å². The number of rotatable bonds is 8. The molecule has 0 aliphatic carbocycles. The summed E-state index contributed by atoms with van der Waals surface area (Å²) in [4.78, 5) is 40.6. The Bertz CT molecular complexity index is 979. The summed E-state index contributed by atoms with van der Waals surface area (Å²) >= 11 is 0. The predicted molar refractivity (Wildman–Crippen MR) is 100 cm³/mol. The van der Waals surface area contributed by atoms with Gasteiger partial charge in [-0.05, 0) is 42.7 Å². The lowest BCUT2D eigenvalue weighted by atomic mass is 10.0. The van der Waals surface area contributed by atoms with Crippen molar-refractivity contribution in [3.8, 4) is 11.3 Å². The number of hydrogen-bond donors (Lipinski definition) is 3. The van der Waals surface area contributed by atoms with Crippen molar-refractivity contribution in [3.63, 3.8) is 0 Å². The van der Waals surface area contributed by atoms with Crippen molar-refractivity contribution in [3.05, 3.63) is 53.0 Å². The molecule has 29 heavy (non-hydrogen) atoms. The molecule has 1 atom stereocenters. The number of carbonyl (C=O) groups excluding carboxylic acids is 2. The van der Waals surface area contributed by atoms with E-state index in [1.165, 1.54) is 18.3 Å². The average molecular weight is 401 g/mol. The second-order valence-electron chi connectivity index (χ2n) is 6.76. The Morgan fingerprint density at radius 1 is 1.28 bits per heavy atom. The van der Waals surface area contributed by atoms with E-state index in [9.17, 15) is 14.4 Å². The summed E-state index contributed by atoms with van der Waals surface area (Å²) < 4.78 is 15.2. The number of nitrogens with zero attached hydrogens (tertiary/aromatic N) is 2. The maximum atomic E-state index is 15.2. The van der Waals surface area contributed by atoms with Gasteiger partial charge in [-0.25, -0.2) is 4.39 Å². The van der Waals surface area contributed by atoms with Crippen LogP contribution in [-0.2, 0) is 22.6 Å². The van der Waals surface area contributed by atoms with Crippen molar-refractivity contribution >= 4 is 17.8 Å². The van der Waals surface area contributed by atoms with Crippen LogP contribution in [0.5, 0.6) is 0 Å². The molecule has 1 aromatic heterocycles. The summed E-state index contributed by atoms with van der Waals surface area (Å²) in [6.07, 6.45) is 1.42. The number of amides is 2. The minimum Gasteiger partial charge on any atom is -0.481 e. The summed E-state index contributed by atoms with van der Waals surface area (Å²) in [5.41, 5.74) is 6.92. The first-order valence-corrected chi connectivity index (χ1v) is 9.03. The Labute approximate surface area is 165 Å². The number of aliphatic carboxylic acids is 1. The molecule has 0 fully saturated rings. The van der Waals surface area contributed by atoms with E-state index in [-0.39, 0.29) is 42.7 Å². The first-order valence-electron chi connectivity index (χ1n) is 9.03. The molecule has 2 amide bonds. The molecule has 0 radical (unpaired) electrons. The van der Waals surface area contributed by atoms with Gasteiger partial charge >= 0.3 is 5.97 Å². The third kappa shape index (κ3) is 4.09. The molecule has 4 N–H and O–H groups in total. The lowest BCUT2D eigenvalue weighted by Gasteiger charge is -2.24. The number of pyridine rings is 1. The molecule has 2 aromatic rings. The number of carboxylic acids is 1. The molecule has 1 aliphatic rings. The zero-order valence-electron chi connectivity index (χ0n) is 15.5. The number of carboxylic acid groups (broad SMARTS) is 1. The van der Waals surface area contributed by atoms with Crippen LogP contribution in [0, 0.1) is 5.82 Å². The van der Waals surface area contributed by atoms with Gasteiger partial charge in [0.25, 0.3) is 5.91 Å². The number of halogens is 1. The van der Waals surface area contributed by atoms with Crippen LogP contribution in [0.15, 0.2) is 30.5 Å². The largest absolute Gasteiger partial charge is 0.481 e. The summed E-state index contributed by atoms with van der Waals surface area (Å²) in [5, 5.41) is 17.9. The van der Waals surface area contributed by atoms with Crippen LogP contribution in [-0.4, -0.2) is 50.5 Å². The van der Waals surface area contributed by atoms with E-state index in [1.807, 2.05) is 0 Å². The van der Waals surface area contributed by atoms with Crippen LogP contribution in [0.1, 0.15) is 34.3 Å². The van der Waals surface area contributed by atoms with E-state index in [1.54, 1.807) is 12.1 Å². The number of aromatic nitrogens is 1. The average Bonchev–Trinajstić information content (AvgIpc) is 3.00. The highest BCUT2D eigenvalue weighted by Crippen LogP contribution is 2.33. The van der Waals surface area contributed by atoms with Gasteiger partial charge in [0.1, 0.15) is 11.9 Å². The minimum atomic E-state index is -1.14. The number of primary amides is 1. The van der Waals surface area contributed by atoms with Crippen molar-refractivity contribution in [2.75, 3.05) is 6.61 Å². The second-order valence-corrected chi connectivity index (χ2v) is 6.76. The fourth-order valence-electron chi connectivity index (χ4n) is 3.44. The third-order valence-corrected chi connectivity index (χ3v) is 4.90. The summed E-state index contributed by atoms with van der Waals surface area (Å²) in [6, 6.07) is 5.15. The maximum Gasteiger partial charge on any atom is 0.303 e. The molecule has 0 spiro atoms. The molecule has 8 nitrogen and oxygen atoms in total. The van der Waals surface area contributed by atoms with Crippen LogP contribution in [0.4, 0.5) is 4.39 Å². The van der Waals surface area contributed by atoms with E-state index in [2.05, 4.69) is 4.98 Å².